The summed E-state index contributed by atoms with van der Waals surface area (Å²) >= 11 is 0. The Morgan fingerprint density at radius 3 is 1.29 bits per heavy atom. The van der Waals surface area contributed by atoms with Gasteiger partial charge in [0.2, 0.25) is 0 Å². The van der Waals surface area contributed by atoms with Gasteiger partial charge in [0.05, 0.1) is 6.10 Å². The molecule has 0 bridgehead atoms. The zero-order valence-electron chi connectivity index (χ0n) is 17.3. The summed E-state index contributed by atoms with van der Waals surface area (Å²) < 4.78 is 4.61. The number of para-hydroxylation sites is 4. The molecule has 1 N–H and O–H groups in total. The van der Waals surface area contributed by atoms with Gasteiger partial charge in [-0.15, -0.1) is 0 Å². The van der Waals surface area contributed by atoms with Gasteiger partial charge in [-0.2, -0.15) is 0 Å². The van der Waals surface area contributed by atoms with Gasteiger partial charge >= 0.3 is 0 Å². The minimum absolute atomic E-state index is 0.431. The highest BCUT2D eigenvalue weighted by Crippen LogP contribution is 2.31. The van der Waals surface area contributed by atoms with Gasteiger partial charge in [0, 0.05) is 56.7 Å². The highest BCUT2D eigenvalue weighted by Gasteiger charge is 2.15. The van der Waals surface area contributed by atoms with Gasteiger partial charge in [0.1, 0.15) is 0 Å². The van der Waals surface area contributed by atoms with E-state index in [0.717, 1.165) is 6.54 Å². The van der Waals surface area contributed by atoms with E-state index in [2.05, 4.69) is 106 Å². The quantitative estimate of drug-likeness (QED) is 0.356. The van der Waals surface area contributed by atoms with Crippen molar-refractivity contribution in [2.24, 2.45) is 0 Å². The molecule has 3 heteroatoms. The van der Waals surface area contributed by atoms with Crippen molar-refractivity contribution in [1.29, 1.82) is 0 Å². The summed E-state index contributed by atoms with van der Waals surface area (Å²) in [6.45, 7) is 1.37. The number of aliphatic hydroxyl groups is 1. The number of hydrogen-bond acceptors (Lipinski definition) is 1. The lowest BCUT2D eigenvalue weighted by Crippen LogP contribution is -2.18. The van der Waals surface area contributed by atoms with Crippen LogP contribution in [0.5, 0.6) is 0 Å². The molecule has 4 aromatic carbocycles. The monoisotopic (exact) mass is 404 g/mol. The van der Waals surface area contributed by atoms with Crippen molar-refractivity contribution in [3.05, 3.63) is 97.1 Å². The molecule has 1 atom stereocenters. The van der Waals surface area contributed by atoms with Crippen molar-refractivity contribution < 1.29 is 5.11 Å². The summed E-state index contributed by atoms with van der Waals surface area (Å²) in [7, 11) is 0. The van der Waals surface area contributed by atoms with Gasteiger partial charge in [-0.25, -0.2) is 0 Å². The summed E-state index contributed by atoms with van der Waals surface area (Å²) in [5.41, 5.74) is 4.82. The molecule has 0 aliphatic heterocycles. The minimum atomic E-state index is -0.431. The fraction of sp³-hybridized carbons (Fsp3) is 0.143. The molecule has 0 saturated heterocycles. The first-order valence-electron chi connectivity index (χ1n) is 10.9. The summed E-state index contributed by atoms with van der Waals surface area (Å²) in [4.78, 5) is 0. The Hall–Kier alpha value is -3.56. The largest absolute Gasteiger partial charge is 0.391 e. The van der Waals surface area contributed by atoms with Gasteiger partial charge < -0.3 is 14.2 Å². The lowest BCUT2D eigenvalue weighted by molar-refractivity contribution is 0.142. The first-order valence-corrected chi connectivity index (χ1v) is 10.9. The van der Waals surface area contributed by atoms with Crippen LogP contribution in [0, 0.1) is 0 Å². The molecule has 0 spiro atoms. The molecule has 0 amide bonds. The first kappa shape index (κ1) is 18.2. The van der Waals surface area contributed by atoms with E-state index in [9.17, 15) is 5.11 Å². The zero-order chi connectivity index (χ0) is 20.8. The van der Waals surface area contributed by atoms with Gasteiger partial charge in [-0.05, 0) is 30.7 Å². The Morgan fingerprint density at radius 2 is 0.871 bits per heavy atom. The molecule has 0 saturated carbocycles. The van der Waals surface area contributed by atoms with Crippen LogP contribution in [0.4, 0.5) is 0 Å². The Bertz CT molecular complexity index is 1430. The number of rotatable bonds is 5. The summed E-state index contributed by atoms with van der Waals surface area (Å²) in [5, 5.41) is 16.1. The number of hydrogen-bond donors (Lipinski definition) is 1. The number of benzene rings is 4. The van der Waals surface area contributed by atoms with E-state index in [1.54, 1.807) is 0 Å². The molecule has 2 aromatic heterocycles. The standard InChI is InChI=1S/C28H24N2O/c31-20(19-30-27-15-7-3-11-23(27)24-12-4-8-16-28(24)30)17-18-29-25-13-5-1-9-21(25)22-10-2-6-14-26(22)29/h1-16,20,31H,17-19H2. The molecule has 3 nitrogen and oxygen atoms in total. The third-order valence-electron chi connectivity index (χ3n) is 6.44. The average Bonchev–Trinajstić information content (AvgIpc) is 3.31. The van der Waals surface area contributed by atoms with Crippen LogP contribution in [-0.2, 0) is 13.1 Å². The molecule has 152 valence electrons. The van der Waals surface area contributed by atoms with E-state index >= 15 is 0 Å². The molecule has 0 aliphatic carbocycles. The second kappa shape index (κ2) is 7.29. The van der Waals surface area contributed by atoms with Crippen LogP contribution in [0.1, 0.15) is 6.42 Å². The van der Waals surface area contributed by atoms with Gasteiger partial charge in [-0.1, -0.05) is 72.8 Å². The van der Waals surface area contributed by atoms with E-state index in [1.165, 1.54) is 43.6 Å². The zero-order valence-corrected chi connectivity index (χ0v) is 17.3. The van der Waals surface area contributed by atoms with Crippen LogP contribution in [-0.4, -0.2) is 20.3 Å². The lowest BCUT2D eigenvalue weighted by Gasteiger charge is -2.15. The molecule has 6 aromatic rings. The van der Waals surface area contributed by atoms with Crippen LogP contribution in [0.3, 0.4) is 0 Å². The van der Waals surface area contributed by atoms with Crippen molar-refractivity contribution in [1.82, 2.24) is 9.13 Å². The SMILES string of the molecule is OC(CCn1c2ccccc2c2ccccc21)Cn1c2ccccc2c2ccccc21. The third kappa shape index (κ3) is 2.93. The Kier molecular flexibility index (Phi) is 4.29. The molecule has 0 fully saturated rings. The van der Waals surface area contributed by atoms with Crippen molar-refractivity contribution in [3.63, 3.8) is 0 Å². The first-order chi connectivity index (χ1) is 15.3. The number of nitrogens with zero attached hydrogens (tertiary/aromatic N) is 2. The van der Waals surface area contributed by atoms with Gasteiger partial charge in [-0.3, -0.25) is 0 Å². The van der Waals surface area contributed by atoms with Crippen molar-refractivity contribution in [3.8, 4) is 0 Å². The normalized spacial score (nSPS) is 12.9. The van der Waals surface area contributed by atoms with Crippen LogP contribution >= 0.6 is 0 Å². The second-order valence-corrected chi connectivity index (χ2v) is 8.27. The number of fused-ring (bicyclic) bond motifs is 6. The van der Waals surface area contributed by atoms with Crippen LogP contribution in [0.25, 0.3) is 43.6 Å². The summed E-state index contributed by atoms with van der Waals surface area (Å²) in [6, 6.07) is 34.0. The van der Waals surface area contributed by atoms with E-state index in [4.69, 9.17) is 0 Å². The second-order valence-electron chi connectivity index (χ2n) is 8.27. The molecule has 0 aliphatic rings. The van der Waals surface area contributed by atoms with E-state index < -0.39 is 6.10 Å². The molecule has 0 radical (unpaired) electrons. The van der Waals surface area contributed by atoms with E-state index in [1.807, 2.05) is 0 Å². The Morgan fingerprint density at radius 1 is 0.516 bits per heavy atom. The van der Waals surface area contributed by atoms with E-state index in [-0.39, 0.29) is 0 Å². The lowest BCUT2D eigenvalue weighted by atomic mass is 10.2. The minimum Gasteiger partial charge on any atom is -0.391 e. The molecule has 2 heterocycles. The van der Waals surface area contributed by atoms with Crippen LogP contribution in [0.15, 0.2) is 97.1 Å². The third-order valence-corrected chi connectivity index (χ3v) is 6.44. The smallest absolute Gasteiger partial charge is 0.0736 e. The topological polar surface area (TPSA) is 30.1 Å². The number of aromatic nitrogens is 2. The fourth-order valence-electron chi connectivity index (χ4n) is 5.02. The highest BCUT2D eigenvalue weighted by atomic mass is 16.3. The maximum Gasteiger partial charge on any atom is 0.0736 e. The predicted octanol–water partition coefficient (Wildman–Crippen LogP) is 6.35. The molecular weight excluding hydrogens is 380 g/mol. The fourth-order valence-corrected chi connectivity index (χ4v) is 5.02. The van der Waals surface area contributed by atoms with Crippen molar-refractivity contribution >= 4 is 43.6 Å². The Labute approximate surface area is 180 Å². The molecule has 1 unspecified atom stereocenters. The number of aryl methyl sites for hydroxylation is 1. The van der Waals surface area contributed by atoms with Crippen molar-refractivity contribution in [2.45, 2.75) is 25.6 Å². The predicted molar refractivity (Wildman–Crippen MR) is 130 cm³/mol. The maximum atomic E-state index is 11.0. The highest BCUT2D eigenvalue weighted by molar-refractivity contribution is 6.08. The van der Waals surface area contributed by atoms with Gasteiger partial charge in [0.25, 0.3) is 0 Å². The summed E-state index contributed by atoms with van der Waals surface area (Å²) in [5.74, 6) is 0. The van der Waals surface area contributed by atoms with Gasteiger partial charge in [0.15, 0.2) is 0 Å². The maximum absolute atomic E-state index is 11.0. The number of aliphatic hydroxyl groups excluding tert-OH is 1. The average molecular weight is 405 g/mol. The molecule has 6 rings (SSSR count). The Balaban J connectivity index is 1.33. The van der Waals surface area contributed by atoms with Crippen molar-refractivity contribution in [2.75, 3.05) is 0 Å². The van der Waals surface area contributed by atoms with Crippen LogP contribution < -0.4 is 0 Å². The van der Waals surface area contributed by atoms with Crippen LogP contribution in [0.2, 0.25) is 0 Å². The molecule has 31 heavy (non-hydrogen) atoms. The van der Waals surface area contributed by atoms with E-state index in [0.29, 0.717) is 13.0 Å². The molecular formula is C28H24N2O. The summed E-state index contributed by atoms with van der Waals surface area (Å²) in [6.07, 6.45) is 0.267.